The second-order valence-corrected chi connectivity index (χ2v) is 7.91. The number of carboxylic acids is 1. The minimum atomic E-state index is -0.870. The largest absolute Gasteiger partial charge is 0.481 e. The summed E-state index contributed by atoms with van der Waals surface area (Å²) in [5.74, 6) is -1.82. The number of thioether (sulfide) groups is 1. The maximum Gasteiger partial charge on any atom is 0.313 e. The van der Waals surface area contributed by atoms with Crippen LogP contribution >= 0.6 is 11.8 Å². The molecule has 148 valence electrons. The first kappa shape index (κ1) is 19.4. The van der Waals surface area contributed by atoms with Gasteiger partial charge < -0.3 is 10.4 Å². The molecule has 0 unspecified atom stereocenters. The van der Waals surface area contributed by atoms with E-state index < -0.39 is 17.7 Å². The van der Waals surface area contributed by atoms with Gasteiger partial charge in [-0.2, -0.15) is 0 Å². The number of hydrogen-bond donors (Lipinski definition) is 2. The molecule has 2 N–H and O–H groups in total. The summed E-state index contributed by atoms with van der Waals surface area (Å²) < 4.78 is 13.8. The van der Waals surface area contributed by atoms with Gasteiger partial charge in [-0.1, -0.05) is 18.2 Å². The number of hydrogen-bond acceptors (Lipinski definition) is 4. The highest BCUT2D eigenvalue weighted by Gasteiger charge is 2.20. The van der Waals surface area contributed by atoms with Crippen LogP contribution < -0.4 is 5.32 Å². The SMILES string of the molecule is O=C(O)CSc1c2c(nc3cc(C(=O)Nc4ccccc4F)ccc13)CCCC2. The van der Waals surface area contributed by atoms with Crippen LogP contribution in [0.25, 0.3) is 10.9 Å². The molecular formula is C22H19FN2O3S. The fraction of sp³-hybridized carbons (Fsp3) is 0.227. The number of aryl methyl sites for hydroxylation is 1. The van der Waals surface area contributed by atoms with Crippen molar-refractivity contribution in [2.75, 3.05) is 11.1 Å². The Morgan fingerprint density at radius 3 is 2.72 bits per heavy atom. The monoisotopic (exact) mass is 410 g/mol. The lowest BCUT2D eigenvalue weighted by atomic mass is 9.94. The van der Waals surface area contributed by atoms with E-state index in [-0.39, 0.29) is 11.4 Å². The highest BCUT2D eigenvalue weighted by atomic mass is 32.2. The van der Waals surface area contributed by atoms with Crippen LogP contribution in [0, 0.1) is 5.82 Å². The van der Waals surface area contributed by atoms with Crippen molar-refractivity contribution in [2.45, 2.75) is 30.6 Å². The number of aliphatic carboxylic acids is 1. The Bertz CT molecular complexity index is 1120. The van der Waals surface area contributed by atoms with Crippen molar-refractivity contribution in [3.05, 3.63) is 65.1 Å². The van der Waals surface area contributed by atoms with Crippen LogP contribution in [-0.2, 0) is 17.6 Å². The van der Waals surface area contributed by atoms with Crippen LogP contribution in [0.4, 0.5) is 10.1 Å². The van der Waals surface area contributed by atoms with Gasteiger partial charge in [0, 0.05) is 21.5 Å². The number of aromatic nitrogens is 1. The zero-order chi connectivity index (χ0) is 20.4. The molecule has 1 aliphatic rings. The Balaban J connectivity index is 1.72. The summed E-state index contributed by atoms with van der Waals surface area (Å²) in [6.45, 7) is 0. The fourth-order valence-corrected chi connectivity index (χ4v) is 4.57. The minimum absolute atomic E-state index is 0.0267. The first-order valence-electron chi connectivity index (χ1n) is 9.39. The number of carbonyl (C=O) groups is 2. The number of para-hydroxylation sites is 1. The summed E-state index contributed by atoms with van der Waals surface area (Å²) in [6, 6.07) is 11.2. The van der Waals surface area contributed by atoms with Crippen LogP contribution in [0.5, 0.6) is 0 Å². The summed E-state index contributed by atoms with van der Waals surface area (Å²) in [5.41, 5.74) is 3.24. The maximum atomic E-state index is 13.8. The molecular weight excluding hydrogens is 391 g/mol. The summed E-state index contributed by atoms with van der Waals surface area (Å²) in [6.07, 6.45) is 3.83. The molecule has 1 aromatic heterocycles. The van der Waals surface area contributed by atoms with Crippen LogP contribution in [0.2, 0.25) is 0 Å². The quantitative estimate of drug-likeness (QED) is 0.597. The Kier molecular flexibility index (Phi) is 5.49. The van der Waals surface area contributed by atoms with Crippen LogP contribution in [-0.4, -0.2) is 27.7 Å². The van der Waals surface area contributed by atoms with E-state index in [0.717, 1.165) is 47.2 Å². The molecule has 1 heterocycles. The van der Waals surface area contributed by atoms with E-state index in [0.29, 0.717) is 11.1 Å². The summed E-state index contributed by atoms with van der Waals surface area (Å²) >= 11 is 1.30. The molecule has 0 aliphatic heterocycles. The lowest BCUT2D eigenvalue weighted by molar-refractivity contribution is -0.133. The molecule has 4 rings (SSSR count). The Labute approximate surface area is 171 Å². The molecule has 0 radical (unpaired) electrons. The van der Waals surface area contributed by atoms with Crippen molar-refractivity contribution in [3.8, 4) is 0 Å². The number of anilines is 1. The molecule has 0 saturated heterocycles. The number of nitrogens with zero attached hydrogens (tertiary/aromatic N) is 1. The van der Waals surface area contributed by atoms with E-state index in [1.165, 1.54) is 23.9 Å². The molecule has 3 aromatic rings. The molecule has 0 spiro atoms. The third kappa shape index (κ3) is 4.10. The number of carboxylic acid groups (broad SMARTS) is 1. The number of pyridine rings is 1. The van der Waals surface area contributed by atoms with Crippen molar-refractivity contribution in [1.82, 2.24) is 4.98 Å². The number of nitrogens with one attached hydrogen (secondary N) is 1. The molecule has 0 atom stereocenters. The topological polar surface area (TPSA) is 79.3 Å². The van der Waals surface area contributed by atoms with Gasteiger partial charge >= 0.3 is 5.97 Å². The molecule has 1 aliphatic carbocycles. The van der Waals surface area contributed by atoms with Gasteiger partial charge in [-0.15, -0.1) is 11.8 Å². The van der Waals surface area contributed by atoms with Gasteiger partial charge in [0.1, 0.15) is 5.82 Å². The van der Waals surface area contributed by atoms with Crippen molar-refractivity contribution in [1.29, 1.82) is 0 Å². The first-order chi connectivity index (χ1) is 14.0. The van der Waals surface area contributed by atoms with Gasteiger partial charge in [-0.3, -0.25) is 14.6 Å². The molecule has 2 aromatic carbocycles. The van der Waals surface area contributed by atoms with Crippen molar-refractivity contribution >= 4 is 40.2 Å². The predicted molar refractivity (Wildman–Crippen MR) is 111 cm³/mol. The normalized spacial score (nSPS) is 13.1. The van der Waals surface area contributed by atoms with Crippen LogP contribution in [0.1, 0.15) is 34.5 Å². The minimum Gasteiger partial charge on any atom is -0.481 e. The Hall–Kier alpha value is -2.93. The van der Waals surface area contributed by atoms with Gasteiger partial charge in [0.15, 0.2) is 0 Å². The smallest absolute Gasteiger partial charge is 0.313 e. The number of benzene rings is 2. The molecule has 1 amide bonds. The molecule has 0 bridgehead atoms. The van der Waals surface area contributed by atoms with E-state index in [1.807, 2.05) is 0 Å². The average molecular weight is 410 g/mol. The predicted octanol–water partition coefficient (Wildman–Crippen LogP) is 4.68. The number of fused-ring (bicyclic) bond motifs is 2. The van der Waals surface area contributed by atoms with Gasteiger partial charge in [0.2, 0.25) is 0 Å². The van der Waals surface area contributed by atoms with Gasteiger partial charge in [-0.25, -0.2) is 4.39 Å². The third-order valence-electron chi connectivity index (χ3n) is 4.93. The van der Waals surface area contributed by atoms with Gasteiger partial charge in [-0.05, 0) is 55.5 Å². The molecule has 0 saturated carbocycles. The maximum absolute atomic E-state index is 13.8. The summed E-state index contributed by atoms with van der Waals surface area (Å²) in [7, 11) is 0. The van der Waals surface area contributed by atoms with E-state index in [4.69, 9.17) is 10.1 Å². The molecule has 7 heteroatoms. The number of halogens is 1. The lowest BCUT2D eigenvalue weighted by Crippen LogP contribution is -2.13. The number of amides is 1. The van der Waals surface area contributed by atoms with E-state index in [2.05, 4.69) is 5.32 Å². The van der Waals surface area contributed by atoms with E-state index in [9.17, 15) is 14.0 Å². The lowest BCUT2D eigenvalue weighted by Gasteiger charge is -2.20. The zero-order valence-electron chi connectivity index (χ0n) is 15.6. The molecule has 5 nitrogen and oxygen atoms in total. The second-order valence-electron chi connectivity index (χ2n) is 6.92. The van der Waals surface area contributed by atoms with Crippen LogP contribution in [0.15, 0.2) is 47.4 Å². The number of rotatable bonds is 5. The van der Waals surface area contributed by atoms with Crippen LogP contribution in [0.3, 0.4) is 0 Å². The summed E-state index contributed by atoms with van der Waals surface area (Å²) in [5, 5.41) is 12.5. The third-order valence-corrected chi connectivity index (χ3v) is 6.08. The average Bonchev–Trinajstić information content (AvgIpc) is 2.72. The van der Waals surface area contributed by atoms with Gasteiger partial charge in [0.05, 0.1) is 17.0 Å². The molecule has 29 heavy (non-hydrogen) atoms. The van der Waals surface area contributed by atoms with Gasteiger partial charge in [0.25, 0.3) is 5.91 Å². The van der Waals surface area contributed by atoms with Crippen molar-refractivity contribution < 1.29 is 19.1 Å². The molecule has 0 fully saturated rings. The standard InChI is InChI=1S/C22H19FN2O3S/c23-16-6-2-4-8-18(16)25-22(28)13-9-10-15-19(11-13)24-17-7-3-1-5-14(17)21(15)29-12-20(26)27/h2,4,6,8-11H,1,3,5,7,12H2,(H,25,28)(H,26,27). The van der Waals surface area contributed by atoms with Crippen molar-refractivity contribution in [3.63, 3.8) is 0 Å². The highest BCUT2D eigenvalue weighted by Crippen LogP contribution is 2.36. The Morgan fingerprint density at radius 1 is 1.14 bits per heavy atom. The fourth-order valence-electron chi connectivity index (χ4n) is 3.58. The van der Waals surface area contributed by atoms with Crippen molar-refractivity contribution in [2.24, 2.45) is 0 Å². The van der Waals surface area contributed by atoms with E-state index >= 15 is 0 Å². The highest BCUT2D eigenvalue weighted by molar-refractivity contribution is 8.00. The zero-order valence-corrected chi connectivity index (χ0v) is 16.4. The van der Waals surface area contributed by atoms with E-state index in [1.54, 1.807) is 30.3 Å². The first-order valence-corrected chi connectivity index (χ1v) is 10.4. The Morgan fingerprint density at radius 2 is 1.93 bits per heavy atom. The summed E-state index contributed by atoms with van der Waals surface area (Å²) in [4.78, 5) is 29.4. The second kappa shape index (κ2) is 8.21. The number of carbonyl (C=O) groups excluding carboxylic acids is 1.